The van der Waals surface area contributed by atoms with Crippen LogP contribution in [0.3, 0.4) is 0 Å². The van der Waals surface area contributed by atoms with Gasteiger partial charge in [0.2, 0.25) is 5.91 Å². The van der Waals surface area contributed by atoms with Crippen molar-refractivity contribution < 1.29 is 45.4 Å². The van der Waals surface area contributed by atoms with E-state index >= 15 is 0 Å². The molecule has 1 aliphatic rings. The number of ether oxygens (including phenoxy) is 2. The molecule has 1 saturated heterocycles. The van der Waals surface area contributed by atoms with Gasteiger partial charge in [-0.25, -0.2) is 0 Å². The zero-order valence-corrected chi connectivity index (χ0v) is 23.5. The predicted octanol–water partition coefficient (Wildman–Crippen LogP) is 5.36. The summed E-state index contributed by atoms with van der Waals surface area (Å²) < 4.78 is 90.0. The summed E-state index contributed by atoms with van der Waals surface area (Å²) >= 11 is 5.54. The molecule has 16 heteroatoms. The molecule has 0 bridgehead atoms. The lowest BCUT2D eigenvalue weighted by molar-refractivity contribution is -0.144. The number of nitrogens with zero attached hydrogens (tertiary/aromatic N) is 4. The van der Waals surface area contributed by atoms with Crippen molar-refractivity contribution in [1.82, 2.24) is 14.7 Å². The largest absolute Gasteiger partial charge is 0.497 e. The molecule has 3 aromatic rings. The highest BCUT2D eigenvalue weighted by atomic mass is 32.1. The monoisotopic (exact) mass is 629 g/mol. The minimum Gasteiger partial charge on any atom is -0.497 e. The first-order chi connectivity index (χ1) is 20.2. The van der Waals surface area contributed by atoms with Crippen molar-refractivity contribution in [3.8, 4) is 11.5 Å². The number of aryl methyl sites for hydroxylation is 1. The first-order valence-corrected chi connectivity index (χ1v) is 13.1. The Morgan fingerprint density at radius 3 is 2.05 bits per heavy atom. The van der Waals surface area contributed by atoms with Crippen LogP contribution in [0.25, 0.3) is 0 Å². The molecule has 1 aliphatic heterocycles. The van der Waals surface area contributed by atoms with E-state index in [9.17, 15) is 35.9 Å². The summed E-state index contributed by atoms with van der Waals surface area (Å²) in [5.41, 5.74) is -2.45. The van der Waals surface area contributed by atoms with Crippen LogP contribution in [-0.4, -0.2) is 58.4 Å². The van der Waals surface area contributed by atoms with Gasteiger partial charge in [-0.1, -0.05) is 0 Å². The van der Waals surface area contributed by atoms with Crippen LogP contribution in [0.5, 0.6) is 11.5 Å². The third kappa shape index (κ3) is 7.18. The van der Waals surface area contributed by atoms with Crippen LogP contribution in [-0.2, 0) is 28.5 Å². The van der Waals surface area contributed by atoms with Gasteiger partial charge in [0.15, 0.2) is 10.8 Å². The highest BCUT2D eigenvalue weighted by Crippen LogP contribution is 2.35. The van der Waals surface area contributed by atoms with Crippen LogP contribution in [0.1, 0.15) is 24.2 Å². The molecule has 43 heavy (non-hydrogen) atoms. The minimum absolute atomic E-state index is 0.0232. The van der Waals surface area contributed by atoms with Gasteiger partial charge in [0.25, 0.3) is 5.91 Å². The summed E-state index contributed by atoms with van der Waals surface area (Å²) in [6.07, 6.45) is -10.7. The Kier molecular flexibility index (Phi) is 9.18. The molecule has 9 nitrogen and oxygen atoms in total. The maximum absolute atomic E-state index is 13.6. The van der Waals surface area contributed by atoms with Gasteiger partial charge in [-0.05, 0) is 67.2 Å². The number of anilines is 2. The molecular formula is C27H25F6N5O4S. The molecule has 0 radical (unpaired) electrons. The van der Waals surface area contributed by atoms with Crippen LogP contribution in [0, 0.1) is 0 Å². The Balaban J connectivity index is 1.55. The normalized spacial score (nSPS) is 15.7. The number of aromatic nitrogens is 2. The number of thiocarbonyl (C=S) groups is 1. The first-order valence-electron chi connectivity index (χ1n) is 12.7. The van der Waals surface area contributed by atoms with Crippen molar-refractivity contribution in [2.45, 2.75) is 37.8 Å². The lowest BCUT2D eigenvalue weighted by Gasteiger charge is -2.24. The zero-order valence-electron chi connectivity index (χ0n) is 22.7. The lowest BCUT2D eigenvalue weighted by Crippen LogP contribution is -2.39. The van der Waals surface area contributed by atoms with Crippen molar-refractivity contribution in [3.05, 3.63) is 66.0 Å². The number of methoxy groups -OCH3 is 2. The number of amides is 2. The van der Waals surface area contributed by atoms with Crippen molar-refractivity contribution in [2.75, 3.05) is 31.0 Å². The van der Waals surface area contributed by atoms with Crippen LogP contribution >= 0.6 is 12.2 Å². The molecule has 0 spiro atoms. The fourth-order valence-electron chi connectivity index (χ4n) is 4.46. The number of alkyl halides is 6. The quantitative estimate of drug-likeness (QED) is 0.239. The van der Waals surface area contributed by atoms with Gasteiger partial charge in [-0.15, -0.1) is 0 Å². The molecule has 4 rings (SSSR count). The zero-order chi connectivity index (χ0) is 31.5. The summed E-state index contributed by atoms with van der Waals surface area (Å²) in [5, 5.41) is 5.76. The Hall–Kier alpha value is -4.34. The summed E-state index contributed by atoms with van der Waals surface area (Å²) in [7, 11) is 2.94. The standard InChI is InChI=1S/C27H25F6N5O4S/c1-41-18-8-4-16(5-9-18)34-23(39)14-20-24(40)38(17-6-10-19(42-2)11-7-17)25(43)36(20)12-3-13-37-22(27(31,32)33)15-21(35-37)26(28,29)30/h4-11,15,20H,3,12-14H2,1-2H3,(H,34,39)/t20-/m0/s1. The fourth-order valence-corrected chi connectivity index (χ4v) is 4.88. The van der Waals surface area contributed by atoms with Crippen molar-refractivity contribution in [2.24, 2.45) is 0 Å². The topological polar surface area (TPSA) is 88.9 Å². The van der Waals surface area contributed by atoms with Crippen molar-refractivity contribution >= 4 is 40.5 Å². The second kappa shape index (κ2) is 12.5. The lowest BCUT2D eigenvalue weighted by atomic mass is 10.1. The number of hydrogen-bond acceptors (Lipinski definition) is 6. The summed E-state index contributed by atoms with van der Waals surface area (Å²) in [5.74, 6) is -0.0426. The first kappa shape index (κ1) is 31.6. The molecule has 2 heterocycles. The third-order valence-electron chi connectivity index (χ3n) is 6.53. The minimum atomic E-state index is -5.08. The fraction of sp³-hybridized carbons (Fsp3) is 0.333. The highest BCUT2D eigenvalue weighted by Gasteiger charge is 2.45. The number of nitrogens with one attached hydrogen (secondary N) is 1. The van der Waals surface area contributed by atoms with Gasteiger partial charge in [0, 0.05) is 24.8 Å². The Morgan fingerprint density at radius 1 is 0.930 bits per heavy atom. The Morgan fingerprint density at radius 2 is 1.51 bits per heavy atom. The number of carbonyl (C=O) groups is 2. The second-order valence-electron chi connectivity index (χ2n) is 9.33. The van der Waals surface area contributed by atoms with Crippen molar-refractivity contribution in [1.29, 1.82) is 0 Å². The van der Waals surface area contributed by atoms with Gasteiger partial charge in [-0.3, -0.25) is 19.2 Å². The van der Waals surface area contributed by atoms with E-state index < -0.39 is 48.1 Å². The number of hydrogen-bond donors (Lipinski definition) is 1. The number of halogens is 6. The second-order valence-corrected chi connectivity index (χ2v) is 9.70. The van der Waals surface area contributed by atoms with Crippen LogP contribution in [0.2, 0.25) is 0 Å². The van der Waals surface area contributed by atoms with E-state index in [1.807, 2.05) is 0 Å². The van der Waals surface area contributed by atoms with E-state index in [2.05, 4.69) is 10.4 Å². The maximum Gasteiger partial charge on any atom is 0.435 e. The van der Waals surface area contributed by atoms with Gasteiger partial charge in [0.1, 0.15) is 23.2 Å². The van der Waals surface area contributed by atoms with Crippen LogP contribution in [0.15, 0.2) is 54.6 Å². The number of benzene rings is 2. The van der Waals surface area contributed by atoms with Crippen molar-refractivity contribution in [3.63, 3.8) is 0 Å². The van der Waals surface area contributed by atoms with Gasteiger partial charge < -0.3 is 19.7 Å². The van der Waals surface area contributed by atoms with E-state index in [-0.39, 0.29) is 35.2 Å². The molecule has 0 aliphatic carbocycles. The summed E-state index contributed by atoms with van der Waals surface area (Å²) in [4.78, 5) is 29.1. The number of rotatable bonds is 10. The molecule has 2 amide bonds. The number of carbonyl (C=O) groups excluding carboxylic acids is 2. The molecule has 1 aromatic heterocycles. The van der Waals surface area contributed by atoms with Gasteiger partial charge in [0.05, 0.1) is 26.3 Å². The summed E-state index contributed by atoms with van der Waals surface area (Å²) in [6.45, 7) is -0.720. The van der Waals surface area contributed by atoms with Gasteiger partial charge in [-0.2, -0.15) is 31.4 Å². The van der Waals surface area contributed by atoms with Crippen LogP contribution < -0.4 is 19.7 Å². The van der Waals surface area contributed by atoms with E-state index in [0.717, 1.165) is 0 Å². The van der Waals surface area contributed by atoms with Crippen LogP contribution in [0.4, 0.5) is 37.7 Å². The SMILES string of the molecule is COc1ccc(NC(=O)C[C@H]2C(=O)N(c3ccc(OC)cc3)C(=S)N2CCCn2nc(C(F)(F)F)cc2C(F)(F)F)cc1. The summed E-state index contributed by atoms with van der Waals surface area (Å²) in [6, 6.07) is 11.6. The highest BCUT2D eigenvalue weighted by molar-refractivity contribution is 7.80. The van der Waals surface area contributed by atoms with E-state index in [0.29, 0.717) is 22.9 Å². The van der Waals surface area contributed by atoms with E-state index in [1.54, 1.807) is 48.5 Å². The molecule has 0 saturated carbocycles. The van der Waals surface area contributed by atoms with Gasteiger partial charge >= 0.3 is 12.4 Å². The molecule has 2 aromatic carbocycles. The average Bonchev–Trinajstić information content (AvgIpc) is 3.49. The predicted molar refractivity (Wildman–Crippen MR) is 147 cm³/mol. The Labute approximate surface area is 246 Å². The van der Waals surface area contributed by atoms with E-state index in [1.165, 1.54) is 24.0 Å². The molecule has 1 atom stereocenters. The molecule has 0 unspecified atom stereocenters. The average molecular weight is 630 g/mol. The maximum atomic E-state index is 13.6. The third-order valence-corrected chi connectivity index (χ3v) is 6.95. The molecule has 1 N–H and O–H groups in total. The molecule has 230 valence electrons. The molecular weight excluding hydrogens is 604 g/mol. The Bertz CT molecular complexity index is 1470. The smallest absolute Gasteiger partial charge is 0.435 e. The molecule has 1 fully saturated rings. The van der Waals surface area contributed by atoms with E-state index in [4.69, 9.17) is 21.7 Å².